The van der Waals surface area contributed by atoms with Crippen molar-refractivity contribution in [3.05, 3.63) is 34.9 Å². The summed E-state index contributed by atoms with van der Waals surface area (Å²) in [5.41, 5.74) is 8.79. The maximum Gasteiger partial charge on any atom is 0.225 e. The number of nitrogens with zero attached hydrogens (tertiary/aromatic N) is 1. The van der Waals surface area contributed by atoms with Gasteiger partial charge < -0.3 is 16.3 Å². The second-order valence-electron chi connectivity index (χ2n) is 5.04. The molecule has 0 aliphatic rings. The van der Waals surface area contributed by atoms with Crippen LogP contribution >= 0.6 is 0 Å². The van der Waals surface area contributed by atoms with E-state index in [4.69, 9.17) is 10.9 Å². The minimum absolute atomic E-state index is 0.0427. The van der Waals surface area contributed by atoms with Crippen molar-refractivity contribution in [1.82, 2.24) is 5.32 Å². The van der Waals surface area contributed by atoms with Crippen LogP contribution in [-0.2, 0) is 11.2 Å². The molecule has 0 saturated heterocycles. The highest BCUT2D eigenvalue weighted by molar-refractivity contribution is 5.90. The second-order valence-corrected chi connectivity index (χ2v) is 5.04. The lowest BCUT2D eigenvalue weighted by Gasteiger charge is -2.17. The Kier molecular flexibility index (Phi) is 6.03. The predicted octanol–water partition coefficient (Wildman–Crippen LogP) is 1.88. The van der Waals surface area contributed by atoms with Gasteiger partial charge in [0.2, 0.25) is 5.91 Å². The standard InChI is InChI=1S/C15H23N3O2/c1-4-5-13(15(16)18-20)17-14(19)9-12-8-10(2)6-7-11(12)3/h6-8,13,20H,4-5,9H2,1-3H3,(H2,16,18)(H,17,19). The van der Waals surface area contributed by atoms with Gasteiger partial charge in [-0.05, 0) is 31.4 Å². The number of nitrogens with one attached hydrogen (secondary N) is 1. The molecule has 1 aromatic carbocycles. The van der Waals surface area contributed by atoms with Crippen molar-refractivity contribution in [2.45, 2.75) is 46.1 Å². The lowest BCUT2D eigenvalue weighted by Crippen LogP contribution is -2.45. The van der Waals surface area contributed by atoms with Crippen molar-refractivity contribution >= 4 is 11.7 Å². The molecule has 0 saturated carbocycles. The third-order valence-corrected chi connectivity index (χ3v) is 3.24. The molecule has 1 aromatic rings. The number of amidine groups is 1. The Balaban J connectivity index is 2.73. The topological polar surface area (TPSA) is 87.7 Å². The van der Waals surface area contributed by atoms with Crippen molar-refractivity contribution in [3.63, 3.8) is 0 Å². The predicted molar refractivity (Wildman–Crippen MR) is 79.9 cm³/mol. The van der Waals surface area contributed by atoms with Crippen LogP contribution in [-0.4, -0.2) is 23.0 Å². The van der Waals surface area contributed by atoms with E-state index in [0.29, 0.717) is 12.8 Å². The average Bonchev–Trinajstić information content (AvgIpc) is 2.41. The number of benzene rings is 1. The van der Waals surface area contributed by atoms with Crippen LogP contribution in [0.25, 0.3) is 0 Å². The highest BCUT2D eigenvalue weighted by Crippen LogP contribution is 2.11. The average molecular weight is 277 g/mol. The van der Waals surface area contributed by atoms with Crippen molar-refractivity contribution in [2.24, 2.45) is 10.9 Å². The molecule has 1 atom stereocenters. The normalized spacial score (nSPS) is 13.1. The van der Waals surface area contributed by atoms with Gasteiger partial charge in [-0.15, -0.1) is 0 Å². The molecule has 5 heteroatoms. The van der Waals surface area contributed by atoms with E-state index in [2.05, 4.69) is 10.5 Å². The number of hydrogen-bond donors (Lipinski definition) is 3. The number of carbonyl (C=O) groups excluding carboxylic acids is 1. The molecule has 0 aliphatic heterocycles. The first-order valence-corrected chi connectivity index (χ1v) is 6.80. The monoisotopic (exact) mass is 277 g/mol. The maximum atomic E-state index is 12.1. The Bertz CT molecular complexity index is 498. The van der Waals surface area contributed by atoms with E-state index in [1.165, 1.54) is 0 Å². The number of nitrogens with two attached hydrogens (primary N) is 1. The molecule has 0 bridgehead atoms. The maximum absolute atomic E-state index is 12.1. The molecule has 4 N–H and O–H groups in total. The molecule has 0 spiro atoms. The van der Waals surface area contributed by atoms with Crippen LogP contribution in [0.3, 0.4) is 0 Å². The van der Waals surface area contributed by atoms with Crippen LogP contribution in [0.1, 0.15) is 36.5 Å². The van der Waals surface area contributed by atoms with Gasteiger partial charge in [-0.1, -0.05) is 42.3 Å². The molecule has 20 heavy (non-hydrogen) atoms. The summed E-state index contributed by atoms with van der Waals surface area (Å²) in [4.78, 5) is 12.1. The van der Waals surface area contributed by atoms with Gasteiger partial charge in [0, 0.05) is 0 Å². The third kappa shape index (κ3) is 4.57. The summed E-state index contributed by atoms with van der Waals surface area (Å²) in [7, 11) is 0. The molecular formula is C15H23N3O2. The quantitative estimate of drug-likeness (QED) is 0.321. The molecule has 1 rings (SSSR count). The van der Waals surface area contributed by atoms with Crippen molar-refractivity contribution in [1.29, 1.82) is 0 Å². The van der Waals surface area contributed by atoms with E-state index in [-0.39, 0.29) is 11.7 Å². The molecule has 0 fully saturated rings. The Morgan fingerprint density at radius 3 is 2.75 bits per heavy atom. The van der Waals surface area contributed by atoms with Gasteiger partial charge in [0.25, 0.3) is 0 Å². The smallest absolute Gasteiger partial charge is 0.225 e. The summed E-state index contributed by atoms with van der Waals surface area (Å²) in [6.07, 6.45) is 1.78. The number of oxime groups is 1. The highest BCUT2D eigenvalue weighted by Gasteiger charge is 2.16. The van der Waals surface area contributed by atoms with E-state index >= 15 is 0 Å². The van der Waals surface area contributed by atoms with Gasteiger partial charge in [-0.2, -0.15) is 0 Å². The number of rotatable bonds is 6. The fourth-order valence-corrected chi connectivity index (χ4v) is 2.06. The molecule has 0 heterocycles. The first-order chi connectivity index (χ1) is 9.47. The first-order valence-electron chi connectivity index (χ1n) is 6.80. The zero-order valence-electron chi connectivity index (χ0n) is 12.3. The van der Waals surface area contributed by atoms with Gasteiger partial charge >= 0.3 is 0 Å². The first kappa shape index (κ1) is 16.0. The van der Waals surface area contributed by atoms with Crippen molar-refractivity contribution in [2.75, 3.05) is 0 Å². The SMILES string of the molecule is CCCC(NC(=O)Cc1cc(C)ccc1C)C(N)=NO. The van der Waals surface area contributed by atoms with E-state index in [1.807, 2.05) is 39.0 Å². The molecule has 110 valence electrons. The van der Waals surface area contributed by atoms with Gasteiger partial charge in [0.05, 0.1) is 12.5 Å². The number of amides is 1. The zero-order valence-corrected chi connectivity index (χ0v) is 12.3. The van der Waals surface area contributed by atoms with Gasteiger partial charge in [-0.3, -0.25) is 4.79 Å². The van der Waals surface area contributed by atoms with Crippen LogP contribution in [0.2, 0.25) is 0 Å². The molecule has 0 aliphatic carbocycles. The van der Waals surface area contributed by atoms with Gasteiger partial charge in [0.1, 0.15) is 0 Å². The van der Waals surface area contributed by atoms with Crippen molar-refractivity contribution in [3.8, 4) is 0 Å². The summed E-state index contributed by atoms with van der Waals surface area (Å²) >= 11 is 0. The largest absolute Gasteiger partial charge is 0.409 e. The number of aryl methyl sites for hydroxylation is 2. The van der Waals surface area contributed by atoms with Crippen LogP contribution in [0.15, 0.2) is 23.4 Å². The summed E-state index contributed by atoms with van der Waals surface area (Å²) in [5.74, 6) is -0.0788. The number of hydrogen-bond acceptors (Lipinski definition) is 3. The van der Waals surface area contributed by atoms with Crippen LogP contribution < -0.4 is 11.1 Å². The summed E-state index contributed by atoms with van der Waals surface area (Å²) in [6.45, 7) is 5.96. The van der Waals surface area contributed by atoms with Crippen LogP contribution in [0, 0.1) is 13.8 Å². The highest BCUT2D eigenvalue weighted by atomic mass is 16.4. The zero-order chi connectivity index (χ0) is 15.1. The molecule has 0 radical (unpaired) electrons. The van der Waals surface area contributed by atoms with E-state index in [0.717, 1.165) is 23.1 Å². The van der Waals surface area contributed by atoms with Gasteiger partial charge in [-0.25, -0.2) is 0 Å². The fraction of sp³-hybridized carbons (Fsp3) is 0.467. The van der Waals surface area contributed by atoms with Crippen LogP contribution in [0.4, 0.5) is 0 Å². The lowest BCUT2D eigenvalue weighted by molar-refractivity contribution is -0.120. The summed E-state index contributed by atoms with van der Waals surface area (Å²) < 4.78 is 0. The molecular weight excluding hydrogens is 254 g/mol. The van der Waals surface area contributed by atoms with Gasteiger partial charge in [0.15, 0.2) is 5.84 Å². The Morgan fingerprint density at radius 1 is 1.45 bits per heavy atom. The second kappa shape index (κ2) is 7.53. The summed E-state index contributed by atoms with van der Waals surface area (Å²) in [6, 6.07) is 5.62. The van der Waals surface area contributed by atoms with E-state index in [1.54, 1.807) is 0 Å². The molecule has 1 unspecified atom stereocenters. The Labute approximate surface area is 119 Å². The Hall–Kier alpha value is -2.04. The van der Waals surface area contributed by atoms with E-state index in [9.17, 15) is 4.79 Å². The van der Waals surface area contributed by atoms with E-state index < -0.39 is 6.04 Å². The molecule has 0 aromatic heterocycles. The summed E-state index contributed by atoms with van der Waals surface area (Å²) in [5, 5.41) is 14.5. The lowest BCUT2D eigenvalue weighted by atomic mass is 10.0. The minimum Gasteiger partial charge on any atom is -0.409 e. The van der Waals surface area contributed by atoms with Crippen LogP contribution in [0.5, 0.6) is 0 Å². The molecule has 5 nitrogen and oxygen atoms in total. The number of carbonyl (C=O) groups is 1. The minimum atomic E-state index is -0.414. The third-order valence-electron chi connectivity index (χ3n) is 3.24. The Morgan fingerprint density at radius 2 is 2.15 bits per heavy atom. The fourth-order valence-electron chi connectivity index (χ4n) is 2.06. The van der Waals surface area contributed by atoms with Crippen molar-refractivity contribution < 1.29 is 10.0 Å². The molecule has 1 amide bonds.